The second kappa shape index (κ2) is 5.87. The van der Waals surface area contributed by atoms with E-state index in [4.69, 9.17) is 21.3 Å². The van der Waals surface area contributed by atoms with Crippen molar-refractivity contribution in [3.05, 3.63) is 53.2 Å². The van der Waals surface area contributed by atoms with Gasteiger partial charge in [-0.1, -0.05) is 0 Å². The van der Waals surface area contributed by atoms with Crippen molar-refractivity contribution in [2.75, 3.05) is 11.5 Å². The summed E-state index contributed by atoms with van der Waals surface area (Å²) in [6.45, 7) is 0. The fourth-order valence-corrected chi connectivity index (χ4v) is 2.58. The summed E-state index contributed by atoms with van der Waals surface area (Å²) in [4.78, 5) is 11.5. The average molecular weight is 356 g/mol. The Morgan fingerprint density at radius 2 is 1.92 bits per heavy atom. The number of nitrogens with two attached hydrogens (primary N) is 2. The number of aromatic nitrogens is 3. The number of hydrogen-bond donors (Lipinski definition) is 3. The number of nitrogens with zero attached hydrogens (tertiary/aromatic N) is 3. The zero-order chi connectivity index (χ0) is 18.4. The minimum absolute atomic E-state index is 0.0138. The van der Waals surface area contributed by atoms with E-state index in [1.54, 1.807) is 12.1 Å². The molecule has 26 heavy (non-hydrogen) atoms. The molecule has 3 aromatic rings. The molecule has 0 bridgehead atoms. The van der Waals surface area contributed by atoms with Gasteiger partial charge in [-0.3, -0.25) is 5.41 Å². The standard InChI is InChI=1S/C17H14F2N6O/c18-8-5-9(15(21)23-6-8)13(20)17-24-14(12(19)16(22)25-17)11-4-3-10(26-11)7-1-2-7/h3-7,20H,1-2H2,(H2,21,23)(H2,22,24,25). The van der Waals surface area contributed by atoms with Crippen LogP contribution in [0.15, 0.2) is 28.8 Å². The minimum Gasteiger partial charge on any atom is -0.459 e. The predicted molar refractivity (Wildman–Crippen MR) is 90.6 cm³/mol. The molecule has 0 aliphatic heterocycles. The van der Waals surface area contributed by atoms with Crippen LogP contribution in [0, 0.1) is 17.0 Å². The van der Waals surface area contributed by atoms with Crippen molar-refractivity contribution in [3.63, 3.8) is 0 Å². The maximum atomic E-state index is 14.4. The van der Waals surface area contributed by atoms with E-state index in [0.29, 0.717) is 5.92 Å². The maximum absolute atomic E-state index is 14.4. The highest BCUT2D eigenvalue weighted by molar-refractivity contribution is 6.11. The summed E-state index contributed by atoms with van der Waals surface area (Å²) >= 11 is 0. The summed E-state index contributed by atoms with van der Waals surface area (Å²) in [5, 5.41) is 8.20. The number of hydrogen-bond acceptors (Lipinski definition) is 7. The van der Waals surface area contributed by atoms with E-state index >= 15 is 0 Å². The quantitative estimate of drug-likeness (QED) is 0.617. The Balaban J connectivity index is 1.78. The van der Waals surface area contributed by atoms with Crippen LogP contribution < -0.4 is 11.5 Å². The third kappa shape index (κ3) is 2.77. The number of rotatable bonds is 4. The van der Waals surface area contributed by atoms with E-state index in [0.717, 1.165) is 30.9 Å². The first kappa shape index (κ1) is 16.1. The molecule has 3 heterocycles. The lowest BCUT2D eigenvalue weighted by Gasteiger charge is -2.09. The summed E-state index contributed by atoms with van der Waals surface area (Å²) in [5.41, 5.74) is 10.8. The molecular weight excluding hydrogens is 342 g/mol. The van der Waals surface area contributed by atoms with Crippen molar-refractivity contribution in [1.29, 1.82) is 5.41 Å². The molecule has 3 aromatic heterocycles. The minimum atomic E-state index is -0.844. The van der Waals surface area contributed by atoms with Crippen molar-refractivity contribution < 1.29 is 13.2 Å². The van der Waals surface area contributed by atoms with E-state index in [1.165, 1.54) is 0 Å². The van der Waals surface area contributed by atoms with Gasteiger partial charge in [0.1, 0.15) is 28.8 Å². The van der Waals surface area contributed by atoms with Crippen LogP contribution in [0.2, 0.25) is 0 Å². The molecule has 0 atom stereocenters. The largest absolute Gasteiger partial charge is 0.459 e. The van der Waals surface area contributed by atoms with Gasteiger partial charge in [-0.25, -0.2) is 23.7 Å². The van der Waals surface area contributed by atoms with E-state index in [-0.39, 0.29) is 34.4 Å². The number of anilines is 2. The van der Waals surface area contributed by atoms with Crippen LogP contribution in [0.5, 0.6) is 0 Å². The summed E-state index contributed by atoms with van der Waals surface area (Å²) < 4.78 is 33.5. The van der Waals surface area contributed by atoms with Gasteiger partial charge in [-0.15, -0.1) is 0 Å². The van der Waals surface area contributed by atoms with Gasteiger partial charge in [-0.05, 0) is 31.0 Å². The van der Waals surface area contributed by atoms with Crippen LogP contribution in [0.4, 0.5) is 20.4 Å². The highest BCUT2D eigenvalue weighted by Gasteiger charge is 2.28. The first-order chi connectivity index (χ1) is 12.4. The van der Waals surface area contributed by atoms with E-state index < -0.39 is 17.5 Å². The van der Waals surface area contributed by atoms with Gasteiger partial charge in [0.2, 0.25) is 0 Å². The normalized spacial score (nSPS) is 13.8. The van der Waals surface area contributed by atoms with Gasteiger partial charge in [0.05, 0.1) is 6.20 Å². The van der Waals surface area contributed by atoms with Crippen molar-refractivity contribution in [2.24, 2.45) is 0 Å². The molecule has 0 saturated heterocycles. The molecule has 0 unspecified atom stereocenters. The molecule has 4 rings (SSSR count). The number of furan rings is 1. The fourth-order valence-electron chi connectivity index (χ4n) is 2.58. The lowest BCUT2D eigenvalue weighted by atomic mass is 10.1. The topological polar surface area (TPSA) is 128 Å². The number of nitrogens with one attached hydrogen (secondary N) is 1. The molecule has 5 N–H and O–H groups in total. The van der Waals surface area contributed by atoms with Crippen LogP contribution in [0.3, 0.4) is 0 Å². The molecule has 1 fully saturated rings. The molecule has 9 heteroatoms. The molecule has 0 aromatic carbocycles. The molecule has 0 radical (unpaired) electrons. The SMILES string of the molecule is N=C(c1nc(N)c(F)c(-c2ccc(C3CC3)o2)n1)c1cc(F)cnc1N. The number of pyridine rings is 1. The highest BCUT2D eigenvalue weighted by Crippen LogP contribution is 2.42. The van der Waals surface area contributed by atoms with Crippen LogP contribution in [-0.4, -0.2) is 20.7 Å². The maximum Gasteiger partial charge on any atom is 0.194 e. The Hall–Kier alpha value is -3.36. The third-order valence-corrected chi connectivity index (χ3v) is 4.09. The molecule has 0 spiro atoms. The first-order valence-electron chi connectivity index (χ1n) is 7.87. The van der Waals surface area contributed by atoms with Crippen molar-refractivity contribution >= 4 is 17.3 Å². The third-order valence-electron chi connectivity index (χ3n) is 4.09. The zero-order valence-electron chi connectivity index (χ0n) is 13.5. The molecule has 1 saturated carbocycles. The first-order valence-corrected chi connectivity index (χ1v) is 7.87. The van der Waals surface area contributed by atoms with Gasteiger partial charge in [0, 0.05) is 11.5 Å². The Kier molecular flexibility index (Phi) is 3.64. The number of halogens is 2. The van der Waals surface area contributed by atoms with Gasteiger partial charge in [0.15, 0.2) is 23.2 Å². The Morgan fingerprint density at radius 3 is 2.65 bits per heavy atom. The van der Waals surface area contributed by atoms with Gasteiger partial charge in [-0.2, -0.15) is 0 Å². The van der Waals surface area contributed by atoms with Crippen LogP contribution in [0.1, 0.15) is 35.9 Å². The van der Waals surface area contributed by atoms with Gasteiger partial charge >= 0.3 is 0 Å². The van der Waals surface area contributed by atoms with Crippen molar-refractivity contribution in [2.45, 2.75) is 18.8 Å². The van der Waals surface area contributed by atoms with Crippen LogP contribution in [-0.2, 0) is 0 Å². The zero-order valence-corrected chi connectivity index (χ0v) is 13.5. The molecule has 1 aliphatic rings. The van der Waals surface area contributed by atoms with E-state index in [9.17, 15) is 8.78 Å². The van der Waals surface area contributed by atoms with Gasteiger partial charge in [0.25, 0.3) is 0 Å². The van der Waals surface area contributed by atoms with Crippen molar-refractivity contribution in [3.8, 4) is 11.5 Å². The summed E-state index contributed by atoms with van der Waals surface area (Å²) in [7, 11) is 0. The van der Waals surface area contributed by atoms with Crippen LogP contribution >= 0.6 is 0 Å². The lowest BCUT2D eigenvalue weighted by Crippen LogP contribution is -2.14. The highest BCUT2D eigenvalue weighted by atomic mass is 19.1. The monoisotopic (exact) mass is 356 g/mol. The predicted octanol–water partition coefficient (Wildman–Crippen LogP) is 2.87. The summed E-state index contributed by atoms with van der Waals surface area (Å²) in [5.74, 6) is -0.938. The van der Waals surface area contributed by atoms with E-state index in [2.05, 4.69) is 15.0 Å². The summed E-state index contributed by atoms with van der Waals surface area (Å²) in [6.07, 6.45) is 2.99. The molecular formula is C17H14F2N6O. The summed E-state index contributed by atoms with van der Waals surface area (Å²) in [6, 6.07) is 4.40. The smallest absolute Gasteiger partial charge is 0.194 e. The van der Waals surface area contributed by atoms with Gasteiger partial charge < -0.3 is 15.9 Å². The Morgan fingerprint density at radius 1 is 1.15 bits per heavy atom. The lowest BCUT2D eigenvalue weighted by molar-refractivity contribution is 0.516. The van der Waals surface area contributed by atoms with Crippen LogP contribution in [0.25, 0.3) is 11.5 Å². The Bertz CT molecular complexity index is 1030. The molecule has 0 amide bonds. The Labute approximate surface area is 146 Å². The fraction of sp³-hybridized carbons (Fsp3) is 0.176. The molecule has 7 nitrogen and oxygen atoms in total. The molecule has 132 valence electrons. The second-order valence-electron chi connectivity index (χ2n) is 6.03. The van der Waals surface area contributed by atoms with E-state index in [1.807, 2.05) is 0 Å². The number of nitrogen functional groups attached to an aromatic ring is 2. The van der Waals surface area contributed by atoms with Crippen molar-refractivity contribution in [1.82, 2.24) is 15.0 Å². The average Bonchev–Trinajstić information content (AvgIpc) is 3.36. The second-order valence-corrected chi connectivity index (χ2v) is 6.03. The molecule has 1 aliphatic carbocycles.